The Balaban J connectivity index is 1.31. The Hall–Kier alpha value is -3.74. The lowest BCUT2D eigenvalue weighted by Gasteiger charge is -2.36. The van der Waals surface area contributed by atoms with Crippen LogP contribution in [0.15, 0.2) is 60.8 Å². The number of carbonyl (C=O) groups is 2. The summed E-state index contributed by atoms with van der Waals surface area (Å²) in [7, 11) is 5.70. The lowest BCUT2D eigenvalue weighted by atomic mass is 10.1. The second kappa shape index (κ2) is 14.1. The largest absolute Gasteiger partial charge is 0.355 e. The van der Waals surface area contributed by atoms with E-state index in [2.05, 4.69) is 49.8 Å². The van der Waals surface area contributed by atoms with E-state index in [0.717, 1.165) is 35.4 Å². The average Bonchev–Trinajstić information content (AvgIpc) is 2.97. The summed E-state index contributed by atoms with van der Waals surface area (Å²) in [6.07, 6.45) is 1.63. The van der Waals surface area contributed by atoms with Crippen molar-refractivity contribution in [1.82, 2.24) is 30.0 Å². The molecule has 1 aromatic heterocycles. The van der Waals surface area contributed by atoms with Crippen LogP contribution in [-0.2, 0) is 0 Å². The highest BCUT2D eigenvalue weighted by atomic mass is 32.2. The van der Waals surface area contributed by atoms with E-state index in [0.29, 0.717) is 41.7 Å². The molecule has 1 aliphatic heterocycles. The Morgan fingerprint density at radius 1 is 0.975 bits per heavy atom. The number of benzene rings is 2. The number of hydrogen-bond donors (Lipinski definition) is 3. The van der Waals surface area contributed by atoms with Crippen LogP contribution in [0.5, 0.6) is 0 Å². The summed E-state index contributed by atoms with van der Waals surface area (Å²) in [5.74, 6) is 1.70. The molecule has 1 saturated heterocycles. The quantitative estimate of drug-likeness (QED) is 0.326. The molecule has 210 valence electrons. The van der Waals surface area contributed by atoms with Gasteiger partial charge in [0.2, 0.25) is 5.95 Å². The maximum atomic E-state index is 13.1. The molecule has 2 aromatic carbocycles. The molecule has 0 aliphatic carbocycles. The van der Waals surface area contributed by atoms with E-state index in [-0.39, 0.29) is 11.8 Å². The average molecular weight is 579 g/mol. The van der Waals surface area contributed by atoms with Crippen molar-refractivity contribution < 1.29 is 9.59 Å². The monoisotopic (exact) mass is 578 g/mol. The van der Waals surface area contributed by atoms with Crippen molar-refractivity contribution in [3.63, 3.8) is 0 Å². The molecular weight excluding hydrogens is 544 g/mol. The fourth-order valence-corrected chi connectivity index (χ4v) is 5.49. The van der Waals surface area contributed by atoms with Gasteiger partial charge in [-0.1, -0.05) is 36.1 Å². The van der Waals surface area contributed by atoms with Gasteiger partial charge in [0, 0.05) is 63.0 Å². The van der Waals surface area contributed by atoms with E-state index in [4.69, 9.17) is 12.2 Å². The molecule has 0 radical (unpaired) electrons. The van der Waals surface area contributed by atoms with Crippen molar-refractivity contribution in [1.29, 1.82) is 0 Å². The fraction of sp³-hybridized carbons (Fsp3) is 0.321. The van der Waals surface area contributed by atoms with Gasteiger partial charge in [0.25, 0.3) is 11.8 Å². The molecule has 2 amide bonds. The third kappa shape index (κ3) is 7.90. The Morgan fingerprint density at radius 2 is 1.68 bits per heavy atom. The minimum atomic E-state index is -0.190. The minimum Gasteiger partial charge on any atom is -0.355 e. The number of nitrogens with one attached hydrogen (secondary N) is 3. The summed E-state index contributed by atoms with van der Waals surface area (Å²) in [4.78, 5) is 40.3. The van der Waals surface area contributed by atoms with Crippen LogP contribution in [0.3, 0.4) is 0 Å². The lowest BCUT2D eigenvalue weighted by molar-refractivity contribution is 0.0694. The molecule has 0 atom stereocenters. The highest BCUT2D eigenvalue weighted by molar-refractivity contribution is 8.22. The second-order valence-corrected chi connectivity index (χ2v) is 11.1. The maximum Gasteiger partial charge on any atom is 0.253 e. The number of thioether (sulfide) groups is 1. The van der Waals surface area contributed by atoms with Gasteiger partial charge in [-0.3, -0.25) is 9.59 Å². The molecule has 2 heterocycles. The van der Waals surface area contributed by atoms with Gasteiger partial charge in [-0.15, -0.1) is 0 Å². The van der Waals surface area contributed by atoms with Crippen LogP contribution in [0, 0.1) is 0 Å². The topological polar surface area (TPSA) is 106 Å². The fourth-order valence-electron chi connectivity index (χ4n) is 4.06. The van der Waals surface area contributed by atoms with Crippen molar-refractivity contribution in [2.75, 3.05) is 70.3 Å². The van der Waals surface area contributed by atoms with E-state index in [1.54, 1.807) is 55.3 Å². The second-order valence-electron chi connectivity index (χ2n) is 9.41. The molecule has 0 saturated carbocycles. The first-order chi connectivity index (χ1) is 19.3. The van der Waals surface area contributed by atoms with Crippen LogP contribution >= 0.6 is 24.0 Å². The highest BCUT2D eigenvalue weighted by Crippen LogP contribution is 2.22. The zero-order chi connectivity index (χ0) is 28.5. The van der Waals surface area contributed by atoms with Gasteiger partial charge in [-0.25, -0.2) is 4.98 Å². The first-order valence-electron chi connectivity index (χ1n) is 13.0. The highest BCUT2D eigenvalue weighted by Gasteiger charge is 2.23. The number of thiocarbonyl (C=S) groups is 1. The molecular formula is C28H34N8O2S2. The van der Waals surface area contributed by atoms with Crippen LogP contribution in [0.25, 0.3) is 0 Å². The number of rotatable bonds is 9. The molecule has 40 heavy (non-hydrogen) atoms. The van der Waals surface area contributed by atoms with Gasteiger partial charge in [0.05, 0.1) is 11.3 Å². The van der Waals surface area contributed by atoms with Crippen LogP contribution in [-0.4, -0.2) is 100 Å². The molecule has 0 spiro atoms. The van der Waals surface area contributed by atoms with Crippen molar-refractivity contribution in [2.45, 2.75) is 0 Å². The molecule has 12 heteroatoms. The molecule has 1 aliphatic rings. The zero-order valence-electron chi connectivity index (χ0n) is 22.9. The van der Waals surface area contributed by atoms with Crippen LogP contribution < -0.4 is 16.0 Å². The third-order valence-corrected chi connectivity index (χ3v) is 7.80. The Bertz CT molecular complexity index is 1330. The molecule has 1 fully saturated rings. The third-order valence-electron chi connectivity index (χ3n) is 6.29. The Labute approximate surface area is 244 Å². The van der Waals surface area contributed by atoms with Gasteiger partial charge in [-0.05, 0) is 56.6 Å². The molecule has 3 N–H and O–H groups in total. The van der Waals surface area contributed by atoms with Gasteiger partial charge in [0.1, 0.15) is 10.1 Å². The maximum absolute atomic E-state index is 13.1. The van der Waals surface area contributed by atoms with Gasteiger partial charge < -0.3 is 30.7 Å². The summed E-state index contributed by atoms with van der Waals surface area (Å²) in [6, 6.07) is 16.2. The predicted octanol–water partition coefficient (Wildman–Crippen LogP) is 3.66. The van der Waals surface area contributed by atoms with E-state index in [1.165, 1.54) is 0 Å². The Kier molecular flexibility index (Phi) is 10.3. The number of aromatic nitrogens is 2. The lowest BCUT2D eigenvalue weighted by Crippen LogP contribution is -2.49. The van der Waals surface area contributed by atoms with Crippen molar-refractivity contribution >= 4 is 63.3 Å². The van der Waals surface area contributed by atoms with Crippen LogP contribution in [0.4, 0.5) is 23.1 Å². The first-order valence-corrected chi connectivity index (χ1v) is 14.4. The molecule has 0 bridgehead atoms. The summed E-state index contributed by atoms with van der Waals surface area (Å²) in [5.41, 5.74) is 2.54. The van der Waals surface area contributed by atoms with Gasteiger partial charge in [-0.2, -0.15) is 4.98 Å². The SMILES string of the molecule is CNC(=O)c1ccccc1Nc1ccnc(Nc2ccc(C(=O)N3CCN(C(=S)SCCN(C)C)CC3)cc2)n1. The van der Waals surface area contributed by atoms with Crippen molar-refractivity contribution in [2.24, 2.45) is 0 Å². The number of piperazine rings is 1. The van der Waals surface area contributed by atoms with E-state index in [1.807, 2.05) is 29.2 Å². The summed E-state index contributed by atoms with van der Waals surface area (Å²) in [5, 5.41) is 9.00. The predicted molar refractivity (Wildman–Crippen MR) is 166 cm³/mol. The summed E-state index contributed by atoms with van der Waals surface area (Å²) < 4.78 is 0.904. The smallest absolute Gasteiger partial charge is 0.253 e. The molecule has 4 rings (SSSR count). The zero-order valence-corrected chi connectivity index (χ0v) is 24.5. The summed E-state index contributed by atoms with van der Waals surface area (Å²) in [6.45, 7) is 3.76. The standard InChI is InChI=1S/C28H34N8O2S2/c1-29-25(37)22-6-4-5-7-23(22)32-24-12-13-30-27(33-24)31-21-10-8-20(9-11-21)26(38)35-14-16-36(17-15-35)28(39)40-19-18-34(2)3/h4-13H,14-19H2,1-3H3,(H,29,37)(H2,30,31,32,33). The number of anilines is 4. The molecule has 10 nitrogen and oxygen atoms in total. The Morgan fingerprint density at radius 3 is 2.38 bits per heavy atom. The first kappa shape index (κ1) is 29.2. The van der Waals surface area contributed by atoms with Crippen molar-refractivity contribution in [3.05, 3.63) is 71.9 Å². The normalized spacial score (nSPS) is 13.2. The van der Waals surface area contributed by atoms with Gasteiger partial charge in [0.15, 0.2) is 0 Å². The van der Waals surface area contributed by atoms with Crippen molar-refractivity contribution in [3.8, 4) is 0 Å². The number of amides is 2. The number of hydrogen-bond acceptors (Lipinski definition) is 9. The van der Waals surface area contributed by atoms with Crippen LogP contribution in [0.1, 0.15) is 20.7 Å². The van der Waals surface area contributed by atoms with E-state index in [9.17, 15) is 9.59 Å². The molecule has 3 aromatic rings. The van der Waals surface area contributed by atoms with E-state index >= 15 is 0 Å². The minimum absolute atomic E-state index is 0.00890. The number of para-hydroxylation sites is 1. The van der Waals surface area contributed by atoms with Gasteiger partial charge >= 0.3 is 0 Å². The summed E-state index contributed by atoms with van der Waals surface area (Å²) >= 11 is 7.28. The van der Waals surface area contributed by atoms with E-state index < -0.39 is 0 Å². The number of carbonyl (C=O) groups excluding carboxylic acids is 2. The van der Waals surface area contributed by atoms with Crippen LogP contribution in [0.2, 0.25) is 0 Å². The number of nitrogens with zero attached hydrogens (tertiary/aromatic N) is 5. The molecule has 0 unspecified atom stereocenters.